The van der Waals surface area contributed by atoms with Crippen molar-refractivity contribution in [2.75, 3.05) is 6.61 Å². The summed E-state index contributed by atoms with van der Waals surface area (Å²) in [5.74, 6) is -0.106. The highest BCUT2D eigenvalue weighted by atomic mass is 16.6. The van der Waals surface area contributed by atoms with Gasteiger partial charge >= 0.3 is 5.97 Å². The highest BCUT2D eigenvalue weighted by molar-refractivity contribution is 5.69. The maximum Gasteiger partial charge on any atom is 0.305 e. The van der Waals surface area contributed by atoms with Crippen LogP contribution in [0.15, 0.2) is 0 Å². The molecule has 1 aliphatic rings. The Bertz CT molecular complexity index is 168. The normalized spacial score (nSPS) is 27.5. The van der Waals surface area contributed by atoms with Crippen LogP contribution in [0.5, 0.6) is 0 Å². The number of ether oxygens (including phenoxy) is 2. The third-order valence-corrected chi connectivity index (χ3v) is 2.20. The smallest absolute Gasteiger partial charge is 0.305 e. The van der Waals surface area contributed by atoms with Crippen molar-refractivity contribution in [3.63, 3.8) is 0 Å². The number of esters is 1. The molecule has 0 N–H and O–H groups in total. The van der Waals surface area contributed by atoms with Gasteiger partial charge < -0.3 is 9.47 Å². The Hall–Kier alpha value is -0.570. The average molecular weight is 186 g/mol. The first kappa shape index (κ1) is 10.5. The molecule has 3 nitrogen and oxygen atoms in total. The first-order valence-corrected chi connectivity index (χ1v) is 5.03. The summed E-state index contributed by atoms with van der Waals surface area (Å²) in [7, 11) is 0. The second kappa shape index (κ2) is 5.22. The molecular weight excluding hydrogens is 168 g/mol. The van der Waals surface area contributed by atoms with Crippen molar-refractivity contribution >= 4 is 5.97 Å². The Morgan fingerprint density at radius 1 is 1.54 bits per heavy atom. The molecule has 1 fully saturated rings. The zero-order valence-corrected chi connectivity index (χ0v) is 8.41. The Morgan fingerprint density at radius 2 is 2.31 bits per heavy atom. The Labute approximate surface area is 79.4 Å². The number of hydrogen-bond donors (Lipinski definition) is 0. The van der Waals surface area contributed by atoms with Crippen molar-refractivity contribution in [1.29, 1.82) is 0 Å². The molecule has 2 atom stereocenters. The Kier molecular flexibility index (Phi) is 4.22. The topological polar surface area (TPSA) is 35.5 Å². The average Bonchev–Trinajstić information content (AvgIpc) is 2.49. The summed E-state index contributed by atoms with van der Waals surface area (Å²) in [4.78, 5) is 11.0. The van der Waals surface area contributed by atoms with Gasteiger partial charge in [0.15, 0.2) is 0 Å². The summed E-state index contributed by atoms with van der Waals surface area (Å²) in [6.07, 6.45) is 3.92. The maximum atomic E-state index is 11.0. The summed E-state index contributed by atoms with van der Waals surface area (Å²) in [6, 6.07) is 0. The standard InChI is InChI=1S/C10H18O3/c1-3-4-10(11)12-7-9-6-5-8(2)13-9/h8-9H,3-7H2,1-2H3. The van der Waals surface area contributed by atoms with Crippen LogP contribution in [-0.2, 0) is 14.3 Å². The molecule has 3 heteroatoms. The number of rotatable bonds is 4. The van der Waals surface area contributed by atoms with Gasteiger partial charge in [0.25, 0.3) is 0 Å². The van der Waals surface area contributed by atoms with Gasteiger partial charge in [0.2, 0.25) is 0 Å². The summed E-state index contributed by atoms with van der Waals surface area (Å²) in [6.45, 7) is 4.45. The van der Waals surface area contributed by atoms with E-state index in [2.05, 4.69) is 0 Å². The van der Waals surface area contributed by atoms with Gasteiger partial charge in [0.1, 0.15) is 6.61 Å². The van der Waals surface area contributed by atoms with Crippen LogP contribution in [0.1, 0.15) is 39.5 Å². The predicted molar refractivity (Wildman–Crippen MR) is 49.4 cm³/mol. The van der Waals surface area contributed by atoms with E-state index in [1.165, 1.54) is 0 Å². The Morgan fingerprint density at radius 3 is 2.85 bits per heavy atom. The van der Waals surface area contributed by atoms with E-state index in [4.69, 9.17) is 9.47 Å². The lowest BCUT2D eigenvalue weighted by atomic mass is 10.2. The Balaban J connectivity index is 2.09. The molecule has 0 aromatic heterocycles. The highest BCUT2D eigenvalue weighted by Gasteiger charge is 2.22. The van der Waals surface area contributed by atoms with Crippen LogP contribution in [-0.4, -0.2) is 24.8 Å². The van der Waals surface area contributed by atoms with Crippen LogP contribution >= 0.6 is 0 Å². The third kappa shape index (κ3) is 3.77. The molecule has 0 spiro atoms. The lowest BCUT2D eigenvalue weighted by Gasteiger charge is -2.11. The number of carbonyl (C=O) groups excluding carboxylic acids is 1. The summed E-state index contributed by atoms with van der Waals surface area (Å²) < 4.78 is 10.6. The van der Waals surface area contributed by atoms with Crippen LogP contribution in [0.2, 0.25) is 0 Å². The molecule has 0 aromatic carbocycles. The zero-order chi connectivity index (χ0) is 9.68. The van der Waals surface area contributed by atoms with Crippen LogP contribution in [0.3, 0.4) is 0 Å². The van der Waals surface area contributed by atoms with Gasteiger partial charge in [0.05, 0.1) is 12.2 Å². The van der Waals surface area contributed by atoms with Gasteiger partial charge in [-0.2, -0.15) is 0 Å². The molecule has 0 saturated carbocycles. The van der Waals surface area contributed by atoms with Gasteiger partial charge in [-0.3, -0.25) is 4.79 Å². The van der Waals surface area contributed by atoms with E-state index >= 15 is 0 Å². The first-order valence-electron chi connectivity index (χ1n) is 5.03. The van der Waals surface area contributed by atoms with Gasteiger partial charge in [0, 0.05) is 6.42 Å². The van der Waals surface area contributed by atoms with Gasteiger partial charge in [-0.25, -0.2) is 0 Å². The van der Waals surface area contributed by atoms with E-state index in [0.717, 1.165) is 19.3 Å². The maximum absolute atomic E-state index is 11.0. The quantitative estimate of drug-likeness (QED) is 0.629. The molecule has 0 aromatic rings. The van der Waals surface area contributed by atoms with Crippen LogP contribution < -0.4 is 0 Å². The van der Waals surface area contributed by atoms with E-state index < -0.39 is 0 Å². The second-order valence-electron chi connectivity index (χ2n) is 3.58. The van der Waals surface area contributed by atoms with Crippen molar-refractivity contribution in [3.05, 3.63) is 0 Å². The molecule has 0 aliphatic carbocycles. The van der Waals surface area contributed by atoms with Crippen LogP contribution in [0, 0.1) is 0 Å². The minimum atomic E-state index is -0.106. The second-order valence-corrected chi connectivity index (χ2v) is 3.58. The SMILES string of the molecule is CCCC(=O)OCC1CCC(C)O1. The molecule has 1 saturated heterocycles. The number of hydrogen-bond acceptors (Lipinski definition) is 3. The highest BCUT2D eigenvalue weighted by Crippen LogP contribution is 2.19. The van der Waals surface area contributed by atoms with Crippen molar-refractivity contribution in [1.82, 2.24) is 0 Å². The molecule has 1 rings (SSSR count). The van der Waals surface area contributed by atoms with Gasteiger partial charge in [-0.05, 0) is 26.2 Å². The van der Waals surface area contributed by atoms with Crippen LogP contribution in [0.25, 0.3) is 0 Å². The summed E-state index contributed by atoms with van der Waals surface area (Å²) >= 11 is 0. The fourth-order valence-electron chi connectivity index (χ4n) is 1.47. The first-order chi connectivity index (χ1) is 6.22. The molecule has 0 amide bonds. The van der Waals surface area contributed by atoms with E-state index in [1.54, 1.807) is 0 Å². The largest absolute Gasteiger partial charge is 0.463 e. The molecular formula is C10H18O3. The van der Waals surface area contributed by atoms with Gasteiger partial charge in [-0.15, -0.1) is 0 Å². The van der Waals surface area contributed by atoms with E-state index in [9.17, 15) is 4.79 Å². The molecule has 76 valence electrons. The van der Waals surface area contributed by atoms with Crippen molar-refractivity contribution in [2.45, 2.75) is 51.7 Å². The van der Waals surface area contributed by atoms with Crippen molar-refractivity contribution < 1.29 is 14.3 Å². The summed E-state index contributed by atoms with van der Waals surface area (Å²) in [5.41, 5.74) is 0. The predicted octanol–water partition coefficient (Wildman–Crippen LogP) is 1.90. The van der Waals surface area contributed by atoms with E-state index in [-0.39, 0.29) is 12.1 Å². The fourth-order valence-corrected chi connectivity index (χ4v) is 1.47. The zero-order valence-electron chi connectivity index (χ0n) is 8.41. The lowest BCUT2D eigenvalue weighted by Crippen LogP contribution is -2.18. The molecule has 0 bridgehead atoms. The van der Waals surface area contributed by atoms with Gasteiger partial charge in [-0.1, -0.05) is 6.92 Å². The van der Waals surface area contributed by atoms with E-state index in [0.29, 0.717) is 19.1 Å². The molecule has 1 heterocycles. The van der Waals surface area contributed by atoms with E-state index in [1.807, 2.05) is 13.8 Å². The van der Waals surface area contributed by atoms with Crippen molar-refractivity contribution in [2.24, 2.45) is 0 Å². The molecule has 0 radical (unpaired) electrons. The third-order valence-electron chi connectivity index (χ3n) is 2.20. The minimum absolute atomic E-state index is 0.106. The molecule has 2 unspecified atom stereocenters. The molecule has 1 aliphatic heterocycles. The van der Waals surface area contributed by atoms with Crippen molar-refractivity contribution in [3.8, 4) is 0 Å². The minimum Gasteiger partial charge on any atom is -0.463 e. The monoisotopic (exact) mass is 186 g/mol. The number of carbonyl (C=O) groups is 1. The lowest BCUT2D eigenvalue weighted by molar-refractivity contribution is -0.147. The summed E-state index contributed by atoms with van der Waals surface area (Å²) in [5, 5.41) is 0. The van der Waals surface area contributed by atoms with Crippen LogP contribution in [0.4, 0.5) is 0 Å². The molecule has 13 heavy (non-hydrogen) atoms. The fraction of sp³-hybridized carbons (Fsp3) is 0.900.